The number of nitriles is 1. The molecule has 0 unspecified atom stereocenters. The van der Waals surface area contributed by atoms with Crippen molar-refractivity contribution in [3.63, 3.8) is 0 Å². The van der Waals surface area contributed by atoms with Gasteiger partial charge in [-0.1, -0.05) is 36.4 Å². The molecule has 1 amide bonds. The van der Waals surface area contributed by atoms with E-state index in [2.05, 4.69) is 17.6 Å². The predicted molar refractivity (Wildman–Crippen MR) is 107 cm³/mol. The van der Waals surface area contributed by atoms with E-state index < -0.39 is 5.54 Å². The van der Waals surface area contributed by atoms with Crippen LogP contribution < -0.4 is 5.73 Å². The lowest BCUT2D eigenvalue weighted by Gasteiger charge is -2.40. The molecule has 0 spiro atoms. The van der Waals surface area contributed by atoms with Crippen LogP contribution >= 0.6 is 0 Å². The fourth-order valence-corrected chi connectivity index (χ4v) is 3.52. The SMILES string of the molecule is C=CC[C@H]1C(=O)N(C)C(N)=N[C@]1(C)c1cccc(-c2cccc(C#N)c2)c1. The third kappa shape index (κ3) is 3.22. The second-order valence-corrected chi connectivity index (χ2v) is 6.87. The highest BCUT2D eigenvalue weighted by atomic mass is 16.2. The number of benzene rings is 2. The summed E-state index contributed by atoms with van der Waals surface area (Å²) in [5.41, 5.74) is 8.64. The fraction of sp³-hybridized carbons (Fsp3) is 0.227. The molecule has 2 atom stereocenters. The number of rotatable bonds is 4. The van der Waals surface area contributed by atoms with Gasteiger partial charge in [-0.3, -0.25) is 9.69 Å². The number of nitrogens with two attached hydrogens (primary N) is 1. The van der Waals surface area contributed by atoms with Crippen LogP contribution in [0, 0.1) is 17.2 Å². The first-order valence-corrected chi connectivity index (χ1v) is 8.75. The van der Waals surface area contributed by atoms with Gasteiger partial charge < -0.3 is 5.73 Å². The molecule has 0 bridgehead atoms. The molecular weight excluding hydrogens is 336 g/mol. The van der Waals surface area contributed by atoms with Gasteiger partial charge in [0.2, 0.25) is 5.91 Å². The van der Waals surface area contributed by atoms with Gasteiger partial charge in [0, 0.05) is 7.05 Å². The van der Waals surface area contributed by atoms with Crippen molar-refractivity contribution >= 4 is 11.9 Å². The molecule has 0 fully saturated rings. The van der Waals surface area contributed by atoms with Gasteiger partial charge in [0.15, 0.2) is 5.96 Å². The summed E-state index contributed by atoms with van der Waals surface area (Å²) >= 11 is 0. The van der Waals surface area contributed by atoms with E-state index in [1.54, 1.807) is 19.2 Å². The number of carbonyl (C=O) groups excluding carboxylic acids is 1. The monoisotopic (exact) mass is 358 g/mol. The minimum Gasteiger partial charge on any atom is -0.369 e. The Bertz CT molecular complexity index is 972. The standard InChI is InChI=1S/C22H22N4O/c1-4-7-19-20(27)26(3)21(24)25-22(19,2)18-11-6-10-17(13-18)16-9-5-8-15(12-16)14-23/h4-6,8-13,19H,1,7H2,2-3H3,(H2,24,25)/t19-,22+/m0/s1. The van der Waals surface area contributed by atoms with Crippen LogP contribution in [0.3, 0.4) is 0 Å². The Kier molecular flexibility index (Phi) is 4.83. The second-order valence-electron chi connectivity index (χ2n) is 6.87. The van der Waals surface area contributed by atoms with Gasteiger partial charge >= 0.3 is 0 Å². The predicted octanol–water partition coefficient (Wildman–Crippen LogP) is 3.42. The van der Waals surface area contributed by atoms with E-state index in [0.29, 0.717) is 12.0 Å². The van der Waals surface area contributed by atoms with E-state index in [-0.39, 0.29) is 17.8 Å². The number of guanidine groups is 1. The molecule has 0 saturated carbocycles. The zero-order valence-corrected chi connectivity index (χ0v) is 15.5. The number of hydrogen-bond acceptors (Lipinski definition) is 4. The molecule has 136 valence electrons. The summed E-state index contributed by atoms with van der Waals surface area (Å²) in [5, 5.41) is 9.15. The van der Waals surface area contributed by atoms with Crippen LogP contribution in [0.15, 0.2) is 66.2 Å². The number of carbonyl (C=O) groups is 1. The Balaban J connectivity index is 2.13. The molecule has 0 radical (unpaired) electrons. The number of amides is 1. The Labute approximate surface area is 159 Å². The summed E-state index contributed by atoms with van der Waals surface area (Å²) in [5.74, 6) is -0.241. The first-order valence-electron chi connectivity index (χ1n) is 8.75. The van der Waals surface area contributed by atoms with Crippen molar-refractivity contribution in [1.82, 2.24) is 4.90 Å². The van der Waals surface area contributed by atoms with Crippen LogP contribution in [0.5, 0.6) is 0 Å². The molecule has 5 nitrogen and oxygen atoms in total. The van der Waals surface area contributed by atoms with E-state index in [1.807, 2.05) is 49.4 Å². The number of allylic oxidation sites excluding steroid dienone is 1. The highest BCUT2D eigenvalue weighted by Crippen LogP contribution is 2.40. The average Bonchev–Trinajstić information content (AvgIpc) is 2.70. The van der Waals surface area contributed by atoms with Crippen molar-refractivity contribution in [3.8, 4) is 17.2 Å². The van der Waals surface area contributed by atoms with Crippen molar-refractivity contribution in [2.45, 2.75) is 18.9 Å². The van der Waals surface area contributed by atoms with Gasteiger partial charge in [-0.2, -0.15) is 5.26 Å². The third-order valence-corrected chi connectivity index (χ3v) is 5.17. The molecule has 1 aliphatic heterocycles. The van der Waals surface area contributed by atoms with Crippen molar-refractivity contribution < 1.29 is 4.79 Å². The fourth-order valence-electron chi connectivity index (χ4n) is 3.52. The summed E-state index contributed by atoms with van der Waals surface area (Å²) < 4.78 is 0. The minimum atomic E-state index is -0.787. The Morgan fingerprint density at radius 2 is 1.96 bits per heavy atom. The van der Waals surface area contributed by atoms with Gasteiger partial charge in [0.05, 0.1) is 23.1 Å². The first-order chi connectivity index (χ1) is 12.9. The molecule has 2 aromatic rings. The first kappa shape index (κ1) is 18.4. The molecule has 1 heterocycles. The maximum absolute atomic E-state index is 12.8. The smallest absolute Gasteiger partial charge is 0.235 e. The largest absolute Gasteiger partial charge is 0.369 e. The van der Waals surface area contributed by atoms with E-state index in [0.717, 1.165) is 16.7 Å². The Morgan fingerprint density at radius 1 is 1.30 bits per heavy atom. The normalized spacial score (nSPS) is 22.1. The maximum atomic E-state index is 12.8. The molecule has 0 saturated heterocycles. The quantitative estimate of drug-likeness (QED) is 0.850. The van der Waals surface area contributed by atoms with Crippen LogP contribution in [-0.4, -0.2) is 23.8 Å². The van der Waals surface area contributed by atoms with Crippen LogP contribution in [0.4, 0.5) is 0 Å². The Morgan fingerprint density at radius 3 is 2.63 bits per heavy atom. The van der Waals surface area contributed by atoms with Crippen molar-refractivity contribution in [1.29, 1.82) is 5.26 Å². The molecular formula is C22H22N4O. The van der Waals surface area contributed by atoms with E-state index in [4.69, 9.17) is 11.0 Å². The van der Waals surface area contributed by atoms with Crippen LogP contribution in [0.1, 0.15) is 24.5 Å². The number of aliphatic imine (C=N–C) groups is 1. The van der Waals surface area contributed by atoms with E-state index >= 15 is 0 Å². The van der Waals surface area contributed by atoms with Gasteiger partial charge in [0.25, 0.3) is 0 Å². The second kappa shape index (κ2) is 7.08. The van der Waals surface area contributed by atoms with Gasteiger partial charge in [-0.15, -0.1) is 6.58 Å². The van der Waals surface area contributed by atoms with Gasteiger partial charge in [0.1, 0.15) is 0 Å². The molecule has 0 aliphatic carbocycles. The van der Waals surface area contributed by atoms with Crippen molar-refractivity contribution in [3.05, 3.63) is 72.3 Å². The summed E-state index contributed by atoms with van der Waals surface area (Å²) in [7, 11) is 1.64. The summed E-state index contributed by atoms with van der Waals surface area (Å²) in [6, 6.07) is 17.5. The van der Waals surface area contributed by atoms with Crippen LogP contribution in [0.25, 0.3) is 11.1 Å². The minimum absolute atomic E-state index is 0.0678. The molecule has 3 rings (SSSR count). The molecule has 2 aromatic carbocycles. The highest BCUT2D eigenvalue weighted by molar-refractivity contribution is 6.00. The van der Waals surface area contributed by atoms with Crippen molar-refractivity contribution in [2.75, 3.05) is 7.05 Å². The summed E-state index contributed by atoms with van der Waals surface area (Å²) in [6.07, 6.45) is 2.25. The average molecular weight is 358 g/mol. The zero-order chi connectivity index (χ0) is 19.6. The lowest BCUT2D eigenvalue weighted by atomic mass is 9.76. The molecule has 2 N–H and O–H groups in total. The van der Waals surface area contributed by atoms with Crippen LogP contribution in [-0.2, 0) is 10.3 Å². The molecule has 0 aromatic heterocycles. The number of nitrogens with zero attached hydrogens (tertiary/aromatic N) is 3. The van der Waals surface area contributed by atoms with E-state index in [9.17, 15) is 4.79 Å². The van der Waals surface area contributed by atoms with Crippen LogP contribution in [0.2, 0.25) is 0 Å². The van der Waals surface area contributed by atoms with E-state index in [1.165, 1.54) is 4.90 Å². The lowest BCUT2D eigenvalue weighted by molar-refractivity contribution is -0.133. The van der Waals surface area contributed by atoms with Gasteiger partial charge in [-0.25, -0.2) is 4.99 Å². The number of hydrogen-bond donors (Lipinski definition) is 1. The highest BCUT2D eigenvalue weighted by Gasteiger charge is 2.45. The topological polar surface area (TPSA) is 82.5 Å². The summed E-state index contributed by atoms with van der Waals surface area (Å²) in [6.45, 7) is 5.73. The third-order valence-electron chi connectivity index (χ3n) is 5.17. The Hall–Kier alpha value is -3.39. The lowest BCUT2D eigenvalue weighted by Crippen LogP contribution is -2.53. The molecule has 1 aliphatic rings. The zero-order valence-electron chi connectivity index (χ0n) is 15.5. The molecule has 5 heteroatoms. The summed E-state index contributed by atoms with van der Waals surface area (Å²) in [4.78, 5) is 18.9. The maximum Gasteiger partial charge on any atom is 0.235 e. The van der Waals surface area contributed by atoms with Crippen molar-refractivity contribution in [2.24, 2.45) is 16.6 Å². The molecule has 27 heavy (non-hydrogen) atoms. The van der Waals surface area contributed by atoms with Gasteiger partial charge in [-0.05, 0) is 48.2 Å².